The molecule has 2 heterocycles. The van der Waals surface area contributed by atoms with Gasteiger partial charge in [-0.2, -0.15) is 0 Å². The van der Waals surface area contributed by atoms with Crippen LogP contribution in [0.25, 0.3) is 0 Å². The van der Waals surface area contributed by atoms with Gasteiger partial charge in [-0.15, -0.1) is 0 Å². The fourth-order valence-electron chi connectivity index (χ4n) is 2.78. The minimum Gasteiger partial charge on any atom is -0.349 e. The van der Waals surface area contributed by atoms with Gasteiger partial charge in [-0.25, -0.2) is 0 Å². The molecule has 7 heteroatoms. The molecule has 1 aliphatic rings. The first-order chi connectivity index (χ1) is 11.4. The lowest BCUT2D eigenvalue weighted by Gasteiger charge is -2.23. The molecule has 1 unspecified atom stereocenters. The highest BCUT2D eigenvalue weighted by molar-refractivity contribution is 5.96. The van der Waals surface area contributed by atoms with E-state index in [1.807, 2.05) is 6.92 Å². The Labute approximate surface area is 142 Å². The monoisotopic (exact) mass is 332 g/mol. The molecule has 1 aromatic rings. The average molecular weight is 332 g/mol. The highest BCUT2D eigenvalue weighted by Gasteiger charge is 2.26. The smallest absolute Gasteiger partial charge is 0.269 e. The first kappa shape index (κ1) is 17.9. The molecule has 130 valence electrons. The van der Waals surface area contributed by atoms with Gasteiger partial charge in [0.15, 0.2) is 0 Å². The Bertz CT molecular complexity index is 615. The predicted molar refractivity (Wildman–Crippen MR) is 89.6 cm³/mol. The van der Waals surface area contributed by atoms with Crippen LogP contribution in [-0.4, -0.2) is 65.2 Å². The summed E-state index contributed by atoms with van der Waals surface area (Å²) in [7, 11) is 1.71. The van der Waals surface area contributed by atoms with Crippen LogP contribution in [0, 0.1) is 0 Å². The zero-order valence-corrected chi connectivity index (χ0v) is 14.4. The van der Waals surface area contributed by atoms with Crippen molar-refractivity contribution in [3.63, 3.8) is 0 Å². The van der Waals surface area contributed by atoms with Gasteiger partial charge in [0.05, 0.1) is 5.56 Å². The van der Waals surface area contributed by atoms with Crippen molar-refractivity contribution in [1.29, 1.82) is 0 Å². The van der Waals surface area contributed by atoms with E-state index in [9.17, 15) is 14.4 Å². The molecule has 1 saturated heterocycles. The first-order valence-corrected chi connectivity index (χ1v) is 8.21. The van der Waals surface area contributed by atoms with Crippen LogP contribution in [0.4, 0.5) is 0 Å². The summed E-state index contributed by atoms with van der Waals surface area (Å²) in [4.78, 5) is 43.1. The van der Waals surface area contributed by atoms with Crippen LogP contribution in [0.5, 0.6) is 0 Å². The summed E-state index contributed by atoms with van der Waals surface area (Å²) in [5.74, 6) is -0.388. The molecule has 1 aliphatic heterocycles. The molecule has 24 heavy (non-hydrogen) atoms. The Hall–Kier alpha value is -2.44. The van der Waals surface area contributed by atoms with E-state index in [0.29, 0.717) is 18.7 Å². The van der Waals surface area contributed by atoms with Crippen molar-refractivity contribution in [3.8, 4) is 0 Å². The maximum Gasteiger partial charge on any atom is 0.269 e. The summed E-state index contributed by atoms with van der Waals surface area (Å²) < 4.78 is 0. The van der Waals surface area contributed by atoms with Crippen molar-refractivity contribution < 1.29 is 14.4 Å². The fourth-order valence-corrected chi connectivity index (χ4v) is 2.78. The molecule has 3 amide bonds. The summed E-state index contributed by atoms with van der Waals surface area (Å²) >= 11 is 0. The standard InChI is InChI=1S/C17H24N4O3/c1-4-20(3)17(24)13-7-8-15(18-10-13)16(23)19-11-14-6-5-9-21(14)12(2)22/h7-8,10,14H,4-6,9,11H2,1-3H3,(H,19,23). The SMILES string of the molecule is CCN(C)C(=O)c1ccc(C(=O)NCC2CCCN2C(C)=O)nc1. The number of hydrogen-bond acceptors (Lipinski definition) is 4. The third-order valence-electron chi connectivity index (χ3n) is 4.34. The predicted octanol–water partition coefficient (Wildman–Crippen LogP) is 0.914. The minimum absolute atomic E-state index is 0.0350. The lowest BCUT2D eigenvalue weighted by Crippen LogP contribution is -2.42. The molecular weight excluding hydrogens is 308 g/mol. The van der Waals surface area contributed by atoms with Gasteiger partial charge in [0, 0.05) is 45.8 Å². The lowest BCUT2D eigenvalue weighted by molar-refractivity contribution is -0.129. The molecule has 0 saturated carbocycles. The van der Waals surface area contributed by atoms with Crippen molar-refractivity contribution in [2.24, 2.45) is 0 Å². The Kier molecular flexibility index (Phi) is 5.89. The van der Waals surface area contributed by atoms with Crippen molar-refractivity contribution in [3.05, 3.63) is 29.6 Å². The largest absolute Gasteiger partial charge is 0.349 e. The van der Waals surface area contributed by atoms with E-state index >= 15 is 0 Å². The van der Waals surface area contributed by atoms with Gasteiger partial charge in [-0.1, -0.05) is 0 Å². The second-order valence-corrected chi connectivity index (χ2v) is 5.97. The van der Waals surface area contributed by atoms with Crippen molar-refractivity contribution in [2.45, 2.75) is 32.7 Å². The van der Waals surface area contributed by atoms with E-state index < -0.39 is 0 Å². The Morgan fingerprint density at radius 3 is 2.71 bits per heavy atom. The van der Waals surface area contributed by atoms with Crippen LogP contribution >= 0.6 is 0 Å². The van der Waals surface area contributed by atoms with E-state index in [1.165, 1.54) is 6.20 Å². The van der Waals surface area contributed by atoms with Gasteiger partial charge in [-0.05, 0) is 31.9 Å². The highest BCUT2D eigenvalue weighted by atomic mass is 16.2. The molecule has 0 aliphatic carbocycles. The Morgan fingerprint density at radius 2 is 2.12 bits per heavy atom. The van der Waals surface area contributed by atoms with Crippen molar-refractivity contribution >= 4 is 17.7 Å². The van der Waals surface area contributed by atoms with Crippen LogP contribution in [0.15, 0.2) is 18.3 Å². The number of rotatable bonds is 5. The quantitative estimate of drug-likeness (QED) is 0.869. The molecule has 7 nitrogen and oxygen atoms in total. The van der Waals surface area contributed by atoms with Crippen molar-refractivity contribution in [1.82, 2.24) is 20.1 Å². The van der Waals surface area contributed by atoms with Crippen LogP contribution in [0.3, 0.4) is 0 Å². The maximum absolute atomic E-state index is 12.2. The van der Waals surface area contributed by atoms with Gasteiger partial charge in [0.1, 0.15) is 5.69 Å². The molecule has 1 fully saturated rings. The Balaban J connectivity index is 1.93. The summed E-state index contributed by atoms with van der Waals surface area (Å²) in [6.45, 7) is 5.20. The molecule has 1 N–H and O–H groups in total. The fraction of sp³-hybridized carbons (Fsp3) is 0.529. The first-order valence-electron chi connectivity index (χ1n) is 8.21. The molecule has 0 aromatic carbocycles. The topological polar surface area (TPSA) is 82.6 Å². The van der Waals surface area contributed by atoms with E-state index in [1.54, 1.807) is 35.9 Å². The summed E-state index contributed by atoms with van der Waals surface area (Å²) in [5.41, 5.74) is 0.715. The second kappa shape index (κ2) is 7.90. The van der Waals surface area contributed by atoms with Gasteiger partial charge in [0.25, 0.3) is 11.8 Å². The Morgan fingerprint density at radius 1 is 1.38 bits per heavy atom. The number of amides is 3. The van der Waals surface area contributed by atoms with Crippen LogP contribution in [0.1, 0.15) is 47.5 Å². The average Bonchev–Trinajstić information content (AvgIpc) is 3.07. The molecule has 1 aromatic heterocycles. The number of carbonyl (C=O) groups excluding carboxylic acids is 3. The third-order valence-corrected chi connectivity index (χ3v) is 4.34. The number of nitrogens with zero attached hydrogens (tertiary/aromatic N) is 3. The number of pyridine rings is 1. The van der Waals surface area contributed by atoms with Gasteiger partial charge >= 0.3 is 0 Å². The zero-order chi connectivity index (χ0) is 17.7. The molecule has 0 radical (unpaired) electrons. The normalized spacial score (nSPS) is 16.8. The van der Waals surface area contributed by atoms with Gasteiger partial charge in [0.2, 0.25) is 5.91 Å². The highest BCUT2D eigenvalue weighted by Crippen LogP contribution is 2.16. The lowest BCUT2D eigenvalue weighted by atomic mass is 10.2. The van der Waals surface area contributed by atoms with Gasteiger partial charge in [-0.3, -0.25) is 19.4 Å². The number of aromatic nitrogens is 1. The molecule has 1 atom stereocenters. The number of hydrogen-bond donors (Lipinski definition) is 1. The summed E-state index contributed by atoms with van der Waals surface area (Å²) in [6, 6.07) is 3.20. The van der Waals surface area contributed by atoms with E-state index in [-0.39, 0.29) is 29.5 Å². The molecule has 0 bridgehead atoms. The van der Waals surface area contributed by atoms with Crippen LogP contribution < -0.4 is 5.32 Å². The van der Waals surface area contributed by atoms with E-state index in [0.717, 1.165) is 19.4 Å². The molecular formula is C17H24N4O3. The molecule has 0 spiro atoms. The van der Waals surface area contributed by atoms with Crippen LogP contribution in [0.2, 0.25) is 0 Å². The molecule has 2 rings (SSSR count). The maximum atomic E-state index is 12.2. The van der Waals surface area contributed by atoms with E-state index in [4.69, 9.17) is 0 Å². The van der Waals surface area contributed by atoms with Gasteiger partial charge < -0.3 is 15.1 Å². The van der Waals surface area contributed by atoms with Crippen LogP contribution in [-0.2, 0) is 4.79 Å². The minimum atomic E-state index is -0.298. The second-order valence-electron chi connectivity index (χ2n) is 5.97. The number of carbonyl (C=O) groups is 3. The zero-order valence-electron chi connectivity index (χ0n) is 14.4. The number of likely N-dealkylation sites (tertiary alicyclic amines) is 1. The number of nitrogens with one attached hydrogen (secondary N) is 1. The van der Waals surface area contributed by atoms with E-state index in [2.05, 4.69) is 10.3 Å². The summed E-state index contributed by atoms with van der Waals surface area (Å²) in [5, 5.41) is 2.82. The van der Waals surface area contributed by atoms with Crippen molar-refractivity contribution in [2.75, 3.05) is 26.7 Å². The summed E-state index contributed by atoms with van der Waals surface area (Å²) in [6.07, 6.45) is 3.27. The third kappa shape index (κ3) is 4.10.